The number of amides is 1. The van der Waals surface area contributed by atoms with E-state index in [2.05, 4.69) is 17.0 Å². The van der Waals surface area contributed by atoms with E-state index in [0.29, 0.717) is 17.8 Å². The number of unbranched alkanes of at least 4 members (excludes halogenated alkanes) is 4. The van der Waals surface area contributed by atoms with Gasteiger partial charge in [-0.15, -0.1) is 0 Å². The van der Waals surface area contributed by atoms with Crippen LogP contribution in [0.1, 0.15) is 45.4 Å². The normalized spacial score (nSPS) is 11.1. The average Bonchev–Trinajstić information content (AvgIpc) is 2.39. The molecule has 0 aromatic heterocycles. The molecule has 6 heteroatoms. The summed E-state index contributed by atoms with van der Waals surface area (Å²) in [6.45, 7) is 2.15. The van der Waals surface area contributed by atoms with Gasteiger partial charge in [-0.05, 0) is 18.6 Å². The van der Waals surface area contributed by atoms with Gasteiger partial charge in [0.05, 0.1) is 17.6 Å². The van der Waals surface area contributed by atoms with Crippen molar-refractivity contribution < 1.29 is 13.2 Å². The van der Waals surface area contributed by atoms with Gasteiger partial charge in [-0.3, -0.25) is 9.52 Å². The van der Waals surface area contributed by atoms with Crippen molar-refractivity contribution in [2.45, 2.75) is 45.4 Å². The first-order chi connectivity index (χ1) is 9.92. The molecule has 2 N–H and O–H groups in total. The van der Waals surface area contributed by atoms with Crippen LogP contribution in [0.4, 0.5) is 11.4 Å². The molecule has 0 saturated heterocycles. The van der Waals surface area contributed by atoms with Crippen molar-refractivity contribution in [3.63, 3.8) is 0 Å². The number of hydrogen-bond donors (Lipinski definition) is 2. The van der Waals surface area contributed by atoms with Gasteiger partial charge in [-0.25, -0.2) is 8.42 Å². The van der Waals surface area contributed by atoms with Gasteiger partial charge in [0.15, 0.2) is 0 Å². The van der Waals surface area contributed by atoms with Crippen molar-refractivity contribution in [1.29, 1.82) is 0 Å². The molecule has 0 radical (unpaired) electrons. The molecule has 0 heterocycles. The lowest BCUT2D eigenvalue weighted by Gasteiger charge is -2.11. The van der Waals surface area contributed by atoms with Crippen molar-refractivity contribution in [1.82, 2.24) is 0 Å². The van der Waals surface area contributed by atoms with E-state index in [1.165, 1.54) is 12.8 Å². The Morgan fingerprint density at radius 3 is 2.29 bits per heavy atom. The van der Waals surface area contributed by atoms with Crippen LogP contribution in [-0.4, -0.2) is 20.6 Å². The minimum absolute atomic E-state index is 0.0887. The highest BCUT2D eigenvalue weighted by molar-refractivity contribution is 7.92. The first-order valence-electron chi connectivity index (χ1n) is 7.29. The number of anilines is 2. The maximum atomic E-state index is 11.9. The summed E-state index contributed by atoms with van der Waals surface area (Å²) in [4.78, 5) is 11.9. The van der Waals surface area contributed by atoms with Gasteiger partial charge in [0, 0.05) is 6.42 Å². The molecule has 21 heavy (non-hydrogen) atoms. The Hall–Kier alpha value is -1.56. The second-order valence-electron chi connectivity index (χ2n) is 5.13. The van der Waals surface area contributed by atoms with Crippen molar-refractivity contribution in [3.05, 3.63) is 24.3 Å². The van der Waals surface area contributed by atoms with Gasteiger partial charge in [0.2, 0.25) is 15.9 Å². The summed E-state index contributed by atoms with van der Waals surface area (Å²) < 4.78 is 25.0. The smallest absolute Gasteiger partial charge is 0.229 e. The zero-order chi connectivity index (χ0) is 15.7. The highest BCUT2D eigenvalue weighted by Crippen LogP contribution is 2.22. The van der Waals surface area contributed by atoms with Crippen LogP contribution >= 0.6 is 0 Å². The molecule has 0 aliphatic carbocycles. The van der Waals surface area contributed by atoms with Gasteiger partial charge in [0.25, 0.3) is 0 Å². The molecule has 1 amide bonds. The Kier molecular flexibility index (Phi) is 7.22. The zero-order valence-electron chi connectivity index (χ0n) is 12.7. The molecule has 0 fully saturated rings. The van der Waals surface area contributed by atoms with E-state index in [0.717, 1.165) is 25.5 Å². The Bertz CT molecular complexity index is 556. The summed E-state index contributed by atoms with van der Waals surface area (Å²) in [6.07, 6.45) is 6.96. The predicted molar refractivity (Wildman–Crippen MR) is 86.9 cm³/mol. The Labute approximate surface area is 127 Å². The summed E-state index contributed by atoms with van der Waals surface area (Å²) in [5.41, 5.74) is 0.876. The van der Waals surface area contributed by atoms with Crippen molar-refractivity contribution >= 4 is 27.3 Å². The average molecular weight is 312 g/mol. The van der Waals surface area contributed by atoms with Crippen molar-refractivity contribution in [2.24, 2.45) is 0 Å². The quantitative estimate of drug-likeness (QED) is 0.687. The van der Waals surface area contributed by atoms with E-state index < -0.39 is 10.0 Å². The summed E-state index contributed by atoms with van der Waals surface area (Å²) in [5, 5.41) is 2.76. The number of carbonyl (C=O) groups excluding carboxylic acids is 1. The largest absolute Gasteiger partial charge is 0.324 e. The van der Waals surface area contributed by atoms with Crippen LogP contribution in [0.2, 0.25) is 0 Å². The number of carbonyl (C=O) groups is 1. The molecule has 1 aromatic rings. The summed E-state index contributed by atoms with van der Waals surface area (Å²) >= 11 is 0. The molecule has 0 aliphatic rings. The van der Waals surface area contributed by atoms with E-state index in [-0.39, 0.29) is 5.91 Å². The lowest BCUT2D eigenvalue weighted by Crippen LogP contribution is -2.15. The van der Waals surface area contributed by atoms with Gasteiger partial charge < -0.3 is 5.32 Å². The number of benzene rings is 1. The van der Waals surface area contributed by atoms with Crippen LogP contribution in [0.25, 0.3) is 0 Å². The lowest BCUT2D eigenvalue weighted by molar-refractivity contribution is -0.116. The second kappa shape index (κ2) is 8.67. The third-order valence-corrected chi connectivity index (χ3v) is 3.59. The van der Waals surface area contributed by atoms with Crippen LogP contribution in [0.15, 0.2) is 24.3 Å². The molecule has 0 bridgehead atoms. The topological polar surface area (TPSA) is 75.3 Å². The molecule has 118 valence electrons. The standard InChI is InChI=1S/C15H24N2O3S/c1-3-4-5-6-7-12-15(18)16-13-10-8-9-11-14(13)17-21(2,19)20/h8-11,17H,3-7,12H2,1-2H3,(H,16,18). The Morgan fingerprint density at radius 2 is 1.67 bits per heavy atom. The number of sulfonamides is 1. The van der Waals surface area contributed by atoms with Crippen LogP contribution in [0.3, 0.4) is 0 Å². The van der Waals surface area contributed by atoms with Gasteiger partial charge in [0.1, 0.15) is 0 Å². The maximum absolute atomic E-state index is 11.9. The fraction of sp³-hybridized carbons (Fsp3) is 0.533. The van der Waals surface area contributed by atoms with Gasteiger partial charge >= 0.3 is 0 Å². The molecule has 0 saturated carbocycles. The minimum Gasteiger partial charge on any atom is -0.324 e. The zero-order valence-corrected chi connectivity index (χ0v) is 13.5. The van der Waals surface area contributed by atoms with E-state index in [1.807, 2.05) is 0 Å². The third kappa shape index (κ3) is 7.70. The van der Waals surface area contributed by atoms with Gasteiger partial charge in [-0.2, -0.15) is 0 Å². The molecular formula is C15H24N2O3S. The third-order valence-electron chi connectivity index (χ3n) is 3.00. The van der Waals surface area contributed by atoms with E-state index in [4.69, 9.17) is 0 Å². The molecule has 0 atom stereocenters. The van der Waals surface area contributed by atoms with Crippen LogP contribution < -0.4 is 10.0 Å². The van der Waals surface area contributed by atoms with Crippen LogP contribution in [0, 0.1) is 0 Å². The number of hydrogen-bond acceptors (Lipinski definition) is 3. The second-order valence-corrected chi connectivity index (χ2v) is 6.88. The predicted octanol–water partition coefficient (Wildman–Crippen LogP) is 3.36. The van der Waals surface area contributed by atoms with Crippen LogP contribution in [-0.2, 0) is 14.8 Å². The fourth-order valence-corrected chi connectivity index (χ4v) is 2.56. The summed E-state index contributed by atoms with van der Waals surface area (Å²) in [6, 6.07) is 6.78. The Morgan fingerprint density at radius 1 is 1.05 bits per heavy atom. The first-order valence-corrected chi connectivity index (χ1v) is 9.18. The molecular weight excluding hydrogens is 288 g/mol. The van der Waals surface area contributed by atoms with Gasteiger partial charge in [-0.1, -0.05) is 44.7 Å². The molecule has 0 aliphatic heterocycles. The molecule has 5 nitrogen and oxygen atoms in total. The first kappa shape index (κ1) is 17.5. The highest BCUT2D eigenvalue weighted by Gasteiger charge is 2.09. The monoisotopic (exact) mass is 312 g/mol. The van der Waals surface area contributed by atoms with E-state index in [1.54, 1.807) is 24.3 Å². The molecule has 1 rings (SSSR count). The number of rotatable bonds is 9. The van der Waals surface area contributed by atoms with Crippen LogP contribution in [0.5, 0.6) is 0 Å². The fourth-order valence-electron chi connectivity index (χ4n) is 1.98. The highest BCUT2D eigenvalue weighted by atomic mass is 32.2. The molecule has 0 unspecified atom stereocenters. The molecule has 1 aromatic carbocycles. The summed E-state index contributed by atoms with van der Waals surface area (Å²) in [5.74, 6) is -0.0887. The SMILES string of the molecule is CCCCCCCC(=O)Nc1ccccc1NS(C)(=O)=O. The van der Waals surface area contributed by atoms with Crippen molar-refractivity contribution in [3.8, 4) is 0 Å². The number of nitrogens with one attached hydrogen (secondary N) is 2. The summed E-state index contributed by atoms with van der Waals surface area (Å²) in [7, 11) is -3.36. The van der Waals surface area contributed by atoms with Crippen molar-refractivity contribution in [2.75, 3.05) is 16.3 Å². The minimum atomic E-state index is -3.36. The van der Waals surface area contributed by atoms with E-state index in [9.17, 15) is 13.2 Å². The lowest BCUT2D eigenvalue weighted by atomic mass is 10.1. The van der Waals surface area contributed by atoms with E-state index >= 15 is 0 Å². The number of para-hydroxylation sites is 2. The maximum Gasteiger partial charge on any atom is 0.229 e. The Balaban J connectivity index is 2.52. The molecule has 0 spiro atoms.